The van der Waals surface area contributed by atoms with Gasteiger partial charge < -0.3 is 10.6 Å². The van der Waals surface area contributed by atoms with Gasteiger partial charge in [-0.2, -0.15) is 5.10 Å². The maximum absolute atomic E-state index is 14.3. The molecule has 0 saturated carbocycles. The van der Waals surface area contributed by atoms with E-state index in [-0.39, 0.29) is 40.6 Å². The number of hydrogen-bond acceptors (Lipinski definition) is 6. The summed E-state index contributed by atoms with van der Waals surface area (Å²) in [5, 5.41) is 10.8. The summed E-state index contributed by atoms with van der Waals surface area (Å²) >= 11 is 0. The number of carbonyl (C=O) groups excluding carboxylic acids is 1. The molecule has 1 amide bonds. The Morgan fingerprint density at radius 3 is 2.71 bits per heavy atom. The first-order chi connectivity index (χ1) is 16.3. The van der Waals surface area contributed by atoms with E-state index in [2.05, 4.69) is 30.7 Å². The highest BCUT2D eigenvalue weighted by molar-refractivity contribution is 5.97. The maximum atomic E-state index is 14.3. The number of anilines is 2. The molecule has 1 aromatic carbocycles. The Kier molecular flexibility index (Phi) is 4.38. The van der Waals surface area contributed by atoms with Crippen molar-refractivity contribution >= 4 is 28.6 Å². The fraction of sp³-hybridized carbons (Fsp3) is 0.261. The number of hydrogen-bond donors (Lipinski definition) is 2. The highest BCUT2D eigenvalue weighted by Gasteiger charge is 2.42. The van der Waals surface area contributed by atoms with Crippen molar-refractivity contribution in [3.05, 3.63) is 59.0 Å². The first-order valence-corrected chi connectivity index (χ1v) is 10.7. The van der Waals surface area contributed by atoms with Gasteiger partial charge in [-0.15, -0.1) is 0 Å². The van der Waals surface area contributed by atoms with Crippen LogP contribution in [0.2, 0.25) is 0 Å². The van der Waals surface area contributed by atoms with Crippen LogP contribution in [0.1, 0.15) is 30.9 Å². The molecular formula is C23H18F3N7O. The molecule has 3 aromatic heterocycles. The molecule has 4 aromatic rings. The summed E-state index contributed by atoms with van der Waals surface area (Å²) in [6.07, 6.45) is 2.09. The summed E-state index contributed by atoms with van der Waals surface area (Å²) < 4.78 is 44.0. The fourth-order valence-electron chi connectivity index (χ4n) is 4.79. The lowest BCUT2D eigenvalue weighted by molar-refractivity contribution is -0.117. The second kappa shape index (κ2) is 7.24. The van der Waals surface area contributed by atoms with Crippen molar-refractivity contribution in [3.8, 4) is 11.5 Å². The molecule has 2 aliphatic heterocycles. The van der Waals surface area contributed by atoms with Crippen LogP contribution in [0.15, 0.2) is 30.5 Å². The number of fused-ring (bicyclic) bond motifs is 1. The van der Waals surface area contributed by atoms with Crippen molar-refractivity contribution in [1.82, 2.24) is 24.7 Å². The van der Waals surface area contributed by atoms with Gasteiger partial charge in [-0.25, -0.2) is 32.8 Å². The molecule has 0 saturated heterocycles. The lowest BCUT2D eigenvalue weighted by Crippen LogP contribution is -2.41. The molecule has 0 spiro atoms. The summed E-state index contributed by atoms with van der Waals surface area (Å²) in [4.78, 5) is 25.7. The molecule has 5 heterocycles. The summed E-state index contributed by atoms with van der Waals surface area (Å²) in [6.45, 7) is 2.37. The molecule has 0 aliphatic carbocycles. The van der Waals surface area contributed by atoms with Gasteiger partial charge in [-0.3, -0.25) is 4.79 Å². The first kappa shape index (κ1) is 20.6. The van der Waals surface area contributed by atoms with E-state index >= 15 is 0 Å². The van der Waals surface area contributed by atoms with Gasteiger partial charge in [0, 0.05) is 29.5 Å². The molecule has 8 nitrogen and oxygen atoms in total. The van der Waals surface area contributed by atoms with E-state index in [1.807, 2.05) is 6.92 Å². The molecule has 0 radical (unpaired) electrons. The highest BCUT2D eigenvalue weighted by atomic mass is 19.1. The second-order valence-corrected chi connectivity index (χ2v) is 8.81. The molecule has 1 unspecified atom stereocenters. The average molecular weight is 465 g/mol. The van der Waals surface area contributed by atoms with Gasteiger partial charge in [-0.1, -0.05) is 13.0 Å². The number of pyridine rings is 1. The summed E-state index contributed by atoms with van der Waals surface area (Å²) in [7, 11) is 0. The lowest BCUT2D eigenvalue weighted by atomic mass is 9.73. The van der Waals surface area contributed by atoms with Crippen LogP contribution in [-0.4, -0.2) is 37.2 Å². The first-order valence-electron chi connectivity index (χ1n) is 10.7. The van der Waals surface area contributed by atoms with E-state index in [1.165, 1.54) is 16.8 Å². The van der Waals surface area contributed by atoms with Crippen LogP contribution in [0.25, 0.3) is 22.6 Å². The van der Waals surface area contributed by atoms with Gasteiger partial charge in [0.1, 0.15) is 34.8 Å². The van der Waals surface area contributed by atoms with E-state index in [0.717, 1.165) is 30.3 Å². The minimum absolute atomic E-state index is 0.137. The normalized spacial score (nSPS) is 19.0. The zero-order valence-electron chi connectivity index (χ0n) is 18.0. The van der Waals surface area contributed by atoms with Gasteiger partial charge in [0.05, 0.1) is 18.1 Å². The standard InChI is InChI=1S/C23H18F3N7O/c1-23-5-6-27-19-17(23)20(29-16(34)8-23)31-21(30-19)18-12-7-11(24)9-28-22(12)33(32-18)10-13-14(25)3-2-4-15(13)26/h2-4,7,9H,5-6,8,10H2,1H3,(H2,27,29,30,31,34). The van der Waals surface area contributed by atoms with Crippen molar-refractivity contribution in [2.45, 2.75) is 31.7 Å². The van der Waals surface area contributed by atoms with E-state index in [1.54, 1.807) is 0 Å². The molecule has 2 aliphatic rings. The van der Waals surface area contributed by atoms with Crippen molar-refractivity contribution in [3.63, 3.8) is 0 Å². The van der Waals surface area contributed by atoms with Crippen LogP contribution in [0.5, 0.6) is 0 Å². The molecule has 11 heteroatoms. The highest BCUT2D eigenvalue weighted by Crippen LogP contribution is 2.46. The monoisotopic (exact) mass is 465 g/mol. The molecule has 0 fully saturated rings. The number of aromatic nitrogens is 5. The number of benzene rings is 1. The Balaban J connectivity index is 1.54. The third-order valence-corrected chi connectivity index (χ3v) is 6.43. The summed E-state index contributed by atoms with van der Waals surface area (Å²) in [6, 6.07) is 4.81. The minimum Gasteiger partial charge on any atom is -0.370 e. The molecule has 2 N–H and O–H groups in total. The predicted molar refractivity (Wildman–Crippen MR) is 118 cm³/mol. The summed E-state index contributed by atoms with van der Waals surface area (Å²) in [5.41, 5.74) is 0.635. The van der Waals surface area contributed by atoms with Gasteiger partial charge in [0.25, 0.3) is 0 Å². The molecule has 6 rings (SSSR count). The maximum Gasteiger partial charge on any atom is 0.226 e. The zero-order valence-corrected chi connectivity index (χ0v) is 18.0. The van der Waals surface area contributed by atoms with Crippen LogP contribution >= 0.6 is 0 Å². The number of nitrogens with zero attached hydrogens (tertiary/aromatic N) is 5. The van der Waals surface area contributed by atoms with Crippen molar-refractivity contribution < 1.29 is 18.0 Å². The number of rotatable bonds is 3. The zero-order chi connectivity index (χ0) is 23.6. The smallest absolute Gasteiger partial charge is 0.226 e. The molecule has 1 atom stereocenters. The third-order valence-electron chi connectivity index (χ3n) is 6.43. The van der Waals surface area contributed by atoms with Crippen LogP contribution in [0.4, 0.5) is 24.8 Å². The molecule has 34 heavy (non-hydrogen) atoms. The number of amides is 1. The predicted octanol–water partition coefficient (Wildman–Crippen LogP) is 3.77. The SMILES string of the molecule is CC12CCNc3nc(-c4nn(Cc5c(F)cccc5F)c5ncc(F)cc45)nc(c31)NC(=O)C2. The van der Waals surface area contributed by atoms with E-state index in [9.17, 15) is 18.0 Å². The Hall–Kier alpha value is -4.02. The van der Waals surface area contributed by atoms with E-state index in [4.69, 9.17) is 0 Å². The molecular weight excluding hydrogens is 447 g/mol. The Morgan fingerprint density at radius 1 is 1.15 bits per heavy atom. The Labute approximate surface area is 191 Å². The van der Waals surface area contributed by atoms with Gasteiger partial charge >= 0.3 is 0 Å². The fourth-order valence-corrected chi connectivity index (χ4v) is 4.79. The van der Waals surface area contributed by atoms with Crippen molar-refractivity contribution in [1.29, 1.82) is 0 Å². The lowest BCUT2D eigenvalue weighted by Gasteiger charge is -2.39. The van der Waals surface area contributed by atoms with Crippen LogP contribution in [0, 0.1) is 17.5 Å². The van der Waals surface area contributed by atoms with Crippen LogP contribution in [-0.2, 0) is 16.8 Å². The van der Waals surface area contributed by atoms with Gasteiger partial charge in [0.15, 0.2) is 11.5 Å². The minimum atomic E-state index is -0.729. The average Bonchev–Trinajstić information content (AvgIpc) is 3.13. The number of nitrogens with one attached hydrogen (secondary N) is 2. The summed E-state index contributed by atoms with van der Waals surface area (Å²) in [5.74, 6) is -1.13. The van der Waals surface area contributed by atoms with Crippen molar-refractivity contribution in [2.24, 2.45) is 0 Å². The van der Waals surface area contributed by atoms with E-state index < -0.39 is 22.9 Å². The van der Waals surface area contributed by atoms with Crippen LogP contribution in [0.3, 0.4) is 0 Å². The molecule has 172 valence electrons. The molecule has 0 bridgehead atoms. The third kappa shape index (κ3) is 3.11. The van der Waals surface area contributed by atoms with Crippen LogP contribution < -0.4 is 10.6 Å². The second-order valence-electron chi connectivity index (χ2n) is 8.81. The number of carbonyl (C=O) groups is 1. The Bertz CT molecular complexity index is 1480. The topological polar surface area (TPSA) is 97.6 Å². The number of halogens is 3. The van der Waals surface area contributed by atoms with Gasteiger partial charge in [-0.05, 0) is 24.6 Å². The van der Waals surface area contributed by atoms with Gasteiger partial charge in [0.2, 0.25) is 5.91 Å². The quantitative estimate of drug-likeness (QED) is 0.478. The largest absolute Gasteiger partial charge is 0.370 e. The Morgan fingerprint density at radius 2 is 1.91 bits per heavy atom. The van der Waals surface area contributed by atoms with Crippen molar-refractivity contribution in [2.75, 3.05) is 17.2 Å². The van der Waals surface area contributed by atoms with E-state index in [0.29, 0.717) is 24.6 Å².